The number of para-hydroxylation sites is 2. The molecule has 0 aromatic heterocycles. The Morgan fingerprint density at radius 1 is 1.36 bits per heavy atom. The fraction of sp³-hybridized carbons (Fsp3) is 0.588. The van der Waals surface area contributed by atoms with Crippen molar-refractivity contribution in [3.63, 3.8) is 0 Å². The Morgan fingerprint density at radius 2 is 2.09 bits per heavy atom. The molecule has 1 aromatic rings. The summed E-state index contributed by atoms with van der Waals surface area (Å²) in [7, 11) is 3.47. The van der Waals surface area contributed by atoms with Crippen molar-refractivity contribution in [1.29, 1.82) is 0 Å². The van der Waals surface area contributed by atoms with Crippen LogP contribution in [0.25, 0.3) is 0 Å². The van der Waals surface area contributed by atoms with Gasteiger partial charge in [-0.3, -0.25) is 4.79 Å². The molecule has 0 unspecified atom stereocenters. The van der Waals surface area contributed by atoms with Crippen LogP contribution in [-0.2, 0) is 4.79 Å². The van der Waals surface area contributed by atoms with E-state index in [0.29, 0.717) is 30.7 Å². The first-order valence-electron chi connectivity index (χ1n) is 7.86. The van der Waals surface area contributed by atoms with Gasteiger partial charge >= 0.3 is 0 Å². The third-order valence-electron chi connectivity index (χ3n) is 4.10. The standard InChI is InChI=1S/C17H26N2O3/c1-13-12-14(8-9-18-13)17(20)19(2)10-11-22-16-7-5-4-6-15(16)21-3/h4-7,13-14,18H,8-12H2,1-3H3/t13-,14-/m0/s1. The van der Waals surface area contributed by atoms with Crippen molar-refractivity contribution >= 4 is 5.91 Å². The minimum absolute atomic E-state index is 0.132. The minimum atomic E-state index is 0.132. The number of amides is 1. The molecule has 0 spiro atoms. The predicted octanol–water partition coefficient (Wildman–Crippen LogP) is 1.92. The molecule has 2 rings (SSSR count). The van der Waals surface area contributed by atoms with Gasteiger partial charge < -0.3 is 19.7 Å². The van der Waals surface area contributed by atoms with Crippen molar-refractivity contribution in [1.82, 2.24) is 10.2 Å². The maximum absolute atomic E-state index is 12.4. The number of ether oxygens (including phenoxy) is 2. The van der Waals surface area contributed by atoms with Crippen LogP contribution in [0.3, 0.4) is 0 Å². The summed E-state index contributed by atoms with van der Waals surface area (Å²) in [5.74, 6) is 1.77. The minimum Gasteiger partial charge on any atom is -0.493 e. The van der Waals surface area contributed by atoms with E-state index >= 15 is 0 Å². The van der Waals surface area contributed by atoms with Crippen LogP contribution >= 0.6 is 0 Å². The van der Waals surface area contributed by atoms with Gasteiger partial charge in [-0.2, -0.15) is 0 Å². The second kappa shape index (κ2) is 8.03. The first-order valence-corrected chi connectivity index (χ1v) is 7.86. The molecule has 1 saturated heterocycles. The molecule has 5 nitrogen and oxygen atoms in total. The highest BCUT2D eigenvalue weighted by Crippen LogP contribution is 2.25. The molecule has 0 saturated carbocycles. The maximum Gasteiger partial charge on any atom is 0.225 e. The van der Waals surface area contributed by atoms with Gasteiger partial charge in [0.05, 0.1) is 13.7 Å². The maximum atomic E-state index is 12.4. The van der Waals surface area contributed by atoms with Crippen molar-refractivity contribution in [2.45, 2.75) is 25.8 Å². The fourth-order valence-corrected chi connectivity index (χ4v) is 2.81. The lowest BCUT2D eigenvalue weighted by Gasteiger charge is -2.30. The summed E-state index contributed by atoms with van der Waals surface area (Å²) >= 11 is 0. The van der Waals surface area contributed by atoms with Crippen LogP contribution in [0.1, 0.15) is 19.8 Å². The lowest BCUT2D eigenvalue weighted by molar-refractivity contribution is -0.135. The Labute approximate surface area is 132 Å². The molecular weight excluding hydrogens is 280 g/mol. The van der Waals surface area contributed by atoms with E-state index in [0.717, 1.165) is 19.4 Å². The molecule has 1 aromatic carbocycles. The number of hydrogen-bond acceptors (Lipinski definition) is 4. The van der Waals surface area contributed by atoms with Gasteiger partial charge in [0, 0.05) is 19.0 Å². The zero-order chi connectivity index (χ0) is 15.9. The molecule has 0 radical (unpaired) electrons. The smallest absolute Gasteiger partial charge is 0.225 e. The highest BCUT2D eigenvalue weighted by molar-refractivity contribution is 5.78. The molecule has 0 bridgehead atoms. The molecule has 1 N–H and O–H groups in total. The van der Waals surface area contributed by atoms with Gasteiger partial charge in [0.1, 0.15) is 6.61 Å². The van der Waals surface area contributed by atoms with Gasteiger partial charge in [-0.15, -0.1) is 0 Å². The predicted molar refractivity (Wildman–Crippen MR) is 86.3 cm³/mol. The Kier molecular flexibility index (Phi) is 6.07. The number of nitrogens with zero attached hydrogens (tertiary/aromatic N) is 1. The normalized spacial score (nSPS) is 21.2. The zero-order valence-corrected chi connectivity index (χ0v) is 13.7. The quantitative estimate of drug-likeness (QED) is 0.872. The van der Waals surface area contributed by atoms with E-state index in [1.54, 1.807) is 12.0 Å². The van der Waals surface area contributed by atoms with Gasteiger partial charge in [0.15, 0.2) is 11.5 Å². The number of hydrogen-bond donors (Lipinski definition) is 1. The van der Waals surface area contributed by atoms with Crippen molar-refractivity contribution in [2.75, 3.05) is 33.9 Å². The average molecular weight is 306 g/mol. The second-order valence-corrected chi connectivity index (χ2v) is 5.84. The highest BCUT2D eigenvalue weighted by Gasteiger charge is 2.26. The molecular formula is C17H26N2O3. The lowest BCUT2D eigenvalue weighted by atomic mass is 9.92. The third-order valence-corrected chi connectivity index (χ3v) is 4.10. The summed E-state index contributed by atoms with van der Waals surface area (Å²) < 4.78 is 11.0. The summed E-state index contributed by atoms with van der Waals surface area (Å²) in [4.78, 5) is 14.2. The molecule has 0 aliphatic carbocycles. The van der Waals surface area contributed by atoms with E-state index < -0.39 is 0 Å². The van der Waals surface area contributed by atoms with E-state index in [9.17, 15) is 4.79 Å². The number of benzene rings is 1. The summed E-state index contributed by atoms with van der Waals surface area (Å²) in [5.41, 5.74) is 0. The molecule has 1 aliphatic heterocycles. The Hall–Kier alpha value is -1.75. The van der Waals surface area contributed by atoms with Crippen molar-refractivity contribution in [2.24, 2.45) is 5.92 Å². The Morgan fingerprint density at radius 3 is 2.77 bits per heavy atom. The van der Waals surface area contributed by atoms with Crippen LogP contribution in [0.5, 0.6) is 11.5 Å². The highest BCUT2D eigenvalue weighted by atomic mass is 16.5. The largest absolute Gasteiger partial charge is 0.493 e. The van der Waals surface area contributed by atoms with Crippen LogP contribution in [-0.4, -0.2) is 50.7 Å². The van der Waals surface area contributed by atoms with Crippen LogP contribution in [0.4, 0.5) is 0 Å². The molecule has 1 aliphatic rings. The number of carbonyl (C=O) groups excluding carboxylic acids is 1. The van der Waals surface area contributed by atoms with Crippen LogP contribution < -0.4 is 14.8 Å². The summed E-state index contributed by atoms with van der Waals surface area (Å²) in [5, 5.41) is 3.37. The van der Waals surface area contributed by atoms with E-state index in [1.165, 1.54) is 0 Å². The number of methoxy groups -OCH3 is 1. The van der Waals surface area contributed by atoms with E-state index in [1.807, 2.05) is 31.3 Å². The van der Waals surface area contributed by atoms with Gasteiger partial charge in [-0.05, 0) is 38.4 Å². The molecule has 1 heterocycles. The zero-order valence-electron chi connectivity index (χ0n) is 13.7. The Balaban J connectivity index is 1.79. The Bertz CT molecular complexity index is 493. The number of rotatable bonds is 6. The molecule has 1 amide bonds. The van der Waals surface area contributed by atoms with Crippen molar-refractivity contribution in [3.05, 3.63) is 24.3 Å². The molecule has 22 heavy (non-hydrogen) atoms. The molecule has 122 valence electrons. The monoisotopic (exact) mass is 306 g/mol. The number of nitrogens with one attached hydrogen (secondary N) is 1. The van der Waals surface area contributed by atoms with Crippen LogP contribution in [0.15, 0.2) is 24.3 Å². The SMILES string of the molecule is COc1ccccc1OCCN(C)C(=O)[C@H]1CCN[C@@H](C)C1. The van der Waals surface area contributed by atoms with Gasteiger partial charge in [0.2, 0.25) is 5.91 Å². The summed E-state index contributed by atoms with van der Waals surface area (Å²) in [6, 6.07) is 7.96. The first-order chi connectivity index (χ1) is 10.6. The van der Waals surface area contributed by atoms with Gasteiger partial charge in [-0.1, -0.05) is 12.1 Å². The van der Waals surface area contributed by atoms with E-state index in [4.69, 9.17) is 9.47 Å². The van der Waals surface area contributed by atoms with E-state index in [-0.39, 0.29) is 11.8 Å². The molecule has 2 atom stereocenters. The van der Waals surface area contributed by atoms with Gasteiger partial charge in [-0.25, -0.2) is 0 Å². The van der Waals surface area contributed by atoms with Crippen molar-refractivity contribution < 1.29 is 14.3 Å². The third kappa shape index (κ3) is 4.37. The number of piperidine rings is 1. The number of likely N-dealkylation sites (N-methyl/N-ethyl adjacent to an activating group) is 1. The van der Waals surface area contributed by atoms with Gasteiger partial charge in [0.25, 0.3) is 0 Å². The first kappa shape index (κ1) is 16.6. The summed E-state index contributed by atoms with van der Waals surface area (Å²) in [6.07, 6.45) is 1.83. The van der Waals surface area contributed by atoms with Crippen LogP contribution in [0, 0.1) is 5.92 Å². The van der Waals surface area contributed by atoms with Crippen molar-refractivity contribution in [3.8, 4) is 11.5 Å². The van der Waals surface area contributed by atoms with E-state index in [2.05, 4.69) is 12.2 Å². The second-order valence-electron chi connectivity index (χ2n) is 5.84. The fourth-order valence-electron chi connectivity index (χ4n) is 2.81. The number of carbonyl (C=O) groups is 1. The topological polar surface area (TPSA) is 50.8 Å². The average Bonchev–Trinajstić information content (AvgIpc) is 2.54. The summed E-state index contributed by atoms with van der Waals surface area (Å²) in [6.45, 7) is 4.09. The molecule has 1 fully saturated rings. The van der Waals surface area contributed by atoms with Crippen LogP contribution in [0.2, 0.25) is 0 Å². The lowest BCUT2D eigenvalue weighted by Crippen LogP contribution is -2.43. The molecule has 5 heteroatoms.